The Hall–Kier alpha value is 0.130. The second kappa shape index (κ2) is 6.06. The third-order valence-corrected chi connectivity index (χ3v) is 6.35. The number of hydrogen-bond acceptors (Lipinski definition) is 2. The van der Waals surface area contributed by atoms with Crippen molar-refractivity contribution in [3.8, 4) is 0 Å². The smallest absolute Gasteiger partial charge is 0.0843 e. The Balaban J connectivity index is 2.45. The molecule has 1 N–H and O–H groups in total. The second-order valence-corrected chi connectivity index (χ2v) is 7.68. The van der Waals surface area contributed by atoms with E-state index in [9.17, 15) is 0 Å². The summed E-state index contributed by atoms with van der Waals surface area (Å²) in [4.78, 5) is 1.22. The minimum Gasteiger partial charge on any atom is -0.309 e. The van der Waals surface area contributed by atoms with Crippen LogP contribution in [0.3, 0.4) is 0 Å². The minimum absolute atomic E-state index is 0.116. The van der Waals surface area contributed by atoms with Gasteiger partial charge in [0.2, 0.25) is 0 Å². The standard InChI is InChI=1S/C13H12Br2ClNS/c1-7-3-4-8(10(16)5-7)12(17-2)11-6-9(14)13(15)18-11/h3-6,12,17H,1-2H3. The van der Waals surface area contributed by atoms with Gasteiger partial charge in [-0.25, -0.2) is 0 Å². The van der Waals surface area contributed by atoms with Crippen LogP contribution in [0.1, 0.15) is 22.0 Å². The van der Waals surface area contributed by atoms with E-state index in [1.165, 1.54) is 10.4 Å². The van der Waals surface area contributed by atoms with Gasteiger partial charge in [0.1, 0.15) is 0 Å². The van der Waals surface area contributed by atoms with Crippen LogP contribution in [0.2, 0.25) is 5.02 Å². The summed E-state index contributed by atoms with van der Waals surface area (Å²) < 4.78 is 2.17. The predicted molar refractivity (Wildman–Crippen MR) is 86.8 cm³/mol. The van der Waals surface area contributed by atoms with Crippen LogP contribution in [0.4, 0.5) is 0 Å². The normalized spacial score (nSPS) is 12.7. The molecule has 96 valence electrons. The molecule has 0 fully saturated rings. The summed E-state index contributed by atoms with van der Waals surface area (Å²) >= 11 is 15.1. The Bertz CT molecular complexity index is 549. The Morgan fingerprint density at radius 2 is 2.00 bits per heavy atom. The van der Waals surface area contributed by atoms with Gasteiger partial charge >= 0.3 is 0 Å². The Kier molecular flexibility index (Phi) is 4.89. The molecular formula is C13H12Br2ClNS. The van der Waals surface area contributed by atoms with Gasteiger partial charge in [0.25, 0.3) is 0 Å². The molecule has 0 saturated carbocycles. The van der Waals surface area contributed by atoms with Gasteiger partial charge in [0, 0.05) is 14.4 Å². The SMILES string of the molecule is CNC(c1cc(Br)c(Br)s1)c1ccc(C)cc1Cl. The van der Waals surface area contributed by atoms with Gasteiger partial charge < -0.3 is 5.32 Å². The summed E-state index contributed by atoms with van der Waals surface area (Å²) in [5, 5.41) is 4.12. The highest BCUT2D eigenvalue weighted by atomic mass is 79.9. The summed E-state index contributed by atoms with van der Waals surface area (Å²) in [5.74, 6) is 0. The molecule has 0 aliphatic heterocycles. The van der Waals surface area contributed by atoms with Gasteiger partial charge in [0.15, 0.2) is 0 Å². The lowest BCUT2D eigenvalue weighted by Crippen LogP contribution is -2.16. The van der Waals surface area contributed by atoms with Crippen LogP contribution in [-0.4, -0.2) is 7.05 Å². The molecule has 1 aromatic heterocycles. The first-order valence-corrected chi connectivity index (χ1v) is 8.19. The first-order chi connectivity index (χ1) is 8.52. The molecule has 1 nitrogen and oxygen atoms in total. The molecular weight excluding hydrogens is 397 g/mol. The van der Waals surface area contributed by atoms with Crippen molar-refractivity contribution in [1.29, 1.82) is 0 Å². The van der Waals surface area contributed by atoms with Gasteiger partial charge in [-0.15, -0.1) is 11.3 Å². The molecule has 0 aliphatic rings. The van der Waals surface area contributed by atoms with Crippen molar-refractivity contribution in [2.24, 2.45) is 0 Å². The van der Waals surface area contributed by atoms with Gasteiger partial charge in [-0.05, 0) is 69.1 Å². The Morgan fingerprint density at radius 1 is 1.28 bits per heavy atom. The molecule has 2 aromatic rings. The second-order valence-electron chi connectivity index (χ2n) is 4.02. The topological polar surface area (TPSA) is 12.0 Å². The average Bonchev–Trinajstić information content (AvgIpc) is 2.63. The zero-order chi connectivity index (χ0) is 13.3. The largest absolute Gasteiger partial charge is 0.309 e. The summed E-state index contributed by atoms with van der Waals surface area (Å²) in [6, 6.07) is 8.40. The van der Waals surface area contributed by atoms with E-state index in [1.807, 2.05) is 20.0 Å². The maximum absolute atomic E-state index is 6.34. The zero-order valence-corrected chi connectivity index (χ0v) is 14.7. The fourth-order valence-electron chi connectivity index (χ4n) is 1.82. The molecule has 0 aliphatic carbocycles. The van der Waals surface area contributed by atoms with Gasteiger partial charge in [-0.3, -0.25) is 0 Å². The van der Waals surface area contributed by atoms with Crippen molar-refractivity contribution in [2.45, 2.75) is 13.0 Å². The van der Waals surface area contributed by atoms with E-state index in [0.29, 0.717) is 0 Å². The molecule has 0 radical (unpaired) electrons. The lowest BCUT2D eigenvalue weighted by Gasteiger charge is -2.16. The molecule has 18 heavy (non-hydrogen) atoms. The summed E-state index contributed by atoms with van der Waals surface area (Å²) in [6.07, 6.45) is 0. The third-order valence-electron chi connectivity index (χ3n) is 2.70. The van der Waals surface area contributed by atoms with Crippen molar-refractivity contribution in [3.05, 3.63) is 53.6 Å². The highest BCUT2D eigenvalue weighted by Gasteiger charge is 2.18. The molecule has 0 amide bonds. The van der Waals surface area contributed by atoms with E-state index in [4.69, 9.17) is 11.6 Å². The number of thiophene rings is 1. The zero-order valence-electron chi connectivity index (χ0n) is 9.93. The van der Waals surface area contributed by atoms with Crippen LogP contribution in [0.5, 0.6) is 0 Å². The maximum Gasteiger partial charge on any atom is 0.0843 e. The summed E-state index contributed by atoms with van der Waals surface area (Å²) in [6.45, 7) is 2.04. The minimum atomic E-state index is 0.116. The first-order valence-electron chi connectivity index (χ1n) is 5.41. The van der Waals surface area contributed by atoms with Crippen LogP contribution in [0.25, 0.3) is 0 Å². The third kappa shape index (κ3) is 2.99. The fourth-order valence-corrected chi connectivity index (χ4v) is 4.39. The highest BCUT2D eigenvalue weighted by molar-refractivity contribution is 9.13. The predicted octanol–water partition coefficient (Wildman–Crippen LogP) is 5.54. The lowest BCUT2D eigenvalue weighted by atomic mass is 10.0. The van der Waals surface area contributed by atoms with Gasteiger partial charge in [-0.2, -0.15) is 0 Å². The molecule has 1 aromatic carbocycles. The van der Waals surface area contributed by atoms with Crippen LogP contribution < -0.4 is 5.32 Å². The Labute approximate surface area is 133 Å². The van der Waals surface area contributed by atoms with Crippen molar-refractivity contribution in [1.82, 2.24) is 5.32 Å². The fraction of sp³-hybridized carbons (Fsp3) is 0.231. The molecule has 1 heterocycles. The monoisotopic (exact) mass is 407 g/mol. The number of benzene rings is 1. The number of hydrogen-bond donors (Lipinski definition) is 1. The number of rotatable bonds is 3. The molecule has 1 unspecified atom stereocenters. The first kappa shape index (κ1) is 14.5. The van der Waals surface area contributed by atoms with Crippen LogP contribution in [0, 0.1) is 6.92 Å². The van der Waals surface area contributed by atoms with E-state index >= 15 is 0 Å². The van der Waals surface area contributed by atoms with Crippen molar-refractivity contribution < 1.29 is 0 Å². The average molecular weight is 410 g/mol. The van der Waals surface area contributed by atoms with Crippen molar-refractivity contribution in [3.63, 3.8) is 0 Å². The summed E-state index contributed by atoms with van der Waals surface area (Å²) in [7, 11) is 1.95. The molecule has 0 spiro atoms. The number of nitrogens with one attached hydrogen (secondary N) is 1. The lowest BCUT2D eigenvalue weighted by molar-refractivity contribution is 0.703. The highest BCUT2D eigenvalue weighted by Crippen LogP contribution is 2.39. The van der Waals surface area contributed by atoms with Crippen LogP contribution in [0.15, 0.2) is 32.5 Å². The van der Waals surface area contributed by atoms with Crippen molar-refractivity contribution in [2.75, 3.05) is 7.05 Å². The van der Waals surface area contributed by atoms with E-state index in [1.54, 1.807) is 11.3 Å². The molecule has 2 rings (SSSR count). The molecule has 5 heteroatoms. The Morgan fingerprint density at radius 3 is 2.50 bits per heavy atom. The van der Waals surface area contributed by atoms with Gasteiger partial charge in [-0.1, -0.05) is 23.7 Å². The van der Waals surface area contributed by atoms with Crippen LogP contribution in [-0.2, 0) is 0 Å². The van der Waals surface area contributed by atoms with Crippen molar-refractivity contribution >= 4 is 54.8 Å². The van der Waals surface area contributed by atoms with Gasteiger partial charge in [0.05, 0.1) is 9.83 Å². The van der Waals surface area contributed by atoms with Crippen LogP contribution >= 0.6 is 54.8 Å². The number of aryl methyl sites for hydroxylation is 1. The quantitative estimate of drug-likeness (QED) is 0.701. The van der Waals surface area contributed by atoms with E-state index in [0.717, 1.165) is 18.8 Å². The summed E-state index contributed by atoms with van der Waals surface area (Å²) in [5.41, 5.74) is 2.28. The number of halogens is 3. The van der Waals surface area contributed by atoms with E-state index < -0.39 is 0 Å². The maximum atomic E-state index is 6.34. The van der Waals surface area contributed by atoms with E-state index in [2.05, 4.69) is 55.4 Å². The van der Waals surface area contributed by atoms with E-state index in [-0.39, 0.29) is 6.04 Å². The molecule has 0 bridgehead atoms. The molecule has 1 atom stereocenters. The molecule has 0 saturated heterocycles.